The van der Waals surface area contributed by atoms with Crippen LogP contribution in [0.2, 0.25) is 0 Å². The van der Waals surface area contributed by atoms with Crippen molar-refractivity contribution in [3.8, 4) is 0 Å². The first kappa shape index (κ1) is 48.0. The third kappa shape index (κ3) is 38.5. The van der Waals surface area contributed by atoms with Gasteiger partial charge in [0.05, 0.1) is 158 Å². The maximum Gasteiger partial charge on any atom is 0.305 e. The van der Waals surface area contributed by atoms with E-state index in [4.69, 9.17) is 61.6 Å². The summed E-state index contributed by atoms with van der Waals surface area (Å²) in [7, 11) is 0. The summed E-state index contributed by atoms with van der Waals surface area (Å²) in [5.74, 6) is -0.152. The van der Waals surface area contributed by atoms with Gasteiger partial charge < -0.3 is 66.9 Å². The molecule has 1 aliphatic heterocycles. The summed E-state index contributed by atoms with van der Waals surface area (Å²) in [4.78, 5) is 11.6. The molecular formula is C36H71NO14. The molecule has 0 atom stereocenters. The Morgan fingerprint density at radius 3 is 1.08 bits per heavy atom. The molecule has 0 unspecified atom stereocenters. The highest BCUT2D eigenvalue weighted by molar-refractivity contribution is 5.69. The summed E-state index contributed by atoms with van der Waals surface area (Å²) < 4.78 is 71.2. The number of carbonyl (C=O) groups excluding carboxylic acids is 1. The molecule has 15 nitrogen and oxygen atoms in total. The minimum Gasteiger partial charge on any atom is -0.463 e. The molecule has 0 amide bonds. The minimum absolute atomic E-state index is 0.152. The fourth-order valence-corrected chi connectivity index (χ4v) is 4.52. The zero-order valence-electron chi connectivity index (χ0n) is 31.6. The SMILES string of the molecule is CCCCCCC(=O)OCCOCCOCCOCCOCCOCCOCCOCCOCCOCCOCCOCCOC1CCNCC1. The molecule has 1 fully saturated rings. The lowest BCUT2D eigenvalue weighted by molar-refractivity contribution is -0.145. The van der Waals surface area contributed by atoms with E-state index in [1.165, 1.54) is 0 Å². The third-order valence-electron chi connectivity index (χ3n) is 7.31. The Kier molecular flexibility index (Phi) is 39.2. The van der Waals surface area contributed by atoms with Crippen molar-refractivity contribution in [2.24, 2.45) is 0 Å². The van der Waals surface area contributed by atoms with Crippen LogP contribution in [0.1, 0.15) is 51.9 Å². The Bertz CT molecular complexity index is 690. The fraction of sp³-hybridized carbons (Fsp3) is 0.972. The minimum atomic E-state index is -0.152. The lowest BCUT2D eigenvalue weighted by Crippen LogP contribution is -2.33. The number of ether oxygens (including phenoxy) is 13. The van der Waals surface area contributed by atoms with Crippen LogP contribution in [0.4, 0.5) is 0 Å². The van der Waals surface area contributed by atoms with Crippen molar-refractivity contribution in [1.29, 1.82) is 0 Å². The van der Waals surface area contributed by atoms with Crippen LogP contribution < -0.4 is 5.32 Å². The molecule has 51 heavy (non-hydrogen) atoms. The Labute approximate surface area is 307 Å². The van der Waals surface area contributed by atoms with Gasteiger partial charge in [-0.15, -0.1) is 0 Å². The zero-order chi connectivity index (χ0) is 36.4. The molecule has 1 saturated heterocycles. The van der Waals surface area contributed by atoms with Gasteiger partial charge in [-0.1, -0.05) is 26.2 Å². The molecule has 0 aromatic rings. The van der Waals surface area contributed by atoms with Gasteiger partial charge in [0, 0.05) is 6.42 Å². The number of rotatable bonds is 42. The number of nitrogens with one attached hydrogen (secondary N) is 1. The fourth-order valence-electron chi connectivity index (χ4n) is 4.52. The number of hydrogen-bond acceptors (Lipinski definition) is 15. The van der Waals surface area contributed by atoms with Gasteiger partial charge in [0.25, 0.3) is 0 Å². The molecular weight excluding hydrogens is 670 g/mol. The van der Waals surface area contributed by atoms with Crippen molar-refractivity contribution < 1.29 is 66.4 Å². The lowest BCUT2D eigenvalue weighted by atomic mass is 10.1. The van der Waals surface area contributed by atoms with Gasteiger partial charge in [0.15, 0.2) is 0 Å². The molecule has 0 saturated carbocycles. The number of carbonyl (C=O) groups is 1. The van der Waals surface area contributed by atoms with E-state index in [-0.39, 0.29) is 12.6 Å². The summed E-state index contributed by atoms with van der Waals surface area (Å²) in [6.45, 7) is 16.2. The normalized spacial score (nSPS) is 13.7. The number of piperidine rings is 1. The van der Waals surface area contributed by atoms with Crippen LogP contribution in [0.3, 0.4) is 0 Å². The molecule has 304 valence electrons. The van der Waals surface area contributed by atoms with Crippen LogP contribution in [0.25, 0.3) is 0 Å². The molecule has 0 aromatic heterocycles. The van der Waals surface area contributed by atoms with Gasteiger partial charge >= 0.3 is 5.97 Å². The largest absolute Gasteiger partial charge is 0.463 e. The molecule has 1 heterocycles. The van der Waals surface area contributed by atoms with Crippen molar-refractivity contribution in [3.05, 3.63) is 0 Å². The van der Waals surface area contributed by atoms with E-state index in [0.717, 1.165) is 51.6 Å². The van der Waals surface area contributed by atoms with Gasteiger partial charge in [-0.05, 0) is 32.4 Å². The molecule has 1 aliphatic rings. The third-order valence-corrected chi connectivity index (χ3v) is 7.31. The molecule has 1 rings (SSSR count). The van der Waals surface area contributed by atoms with E-state index in [9.17, 15) is 4.79 Å². The first-order valence-electron chi connectivity index (χ1n) is 19.2. The highest BCUT2D eigenvalue weighted by Gasteiger charge is 2.12. The molecule has 0 bridgehead atoms. The van der Waals surface area contributed by atoms with Crippen molar-refractivity contribution in [1.82, 2.24) is 5.32 Å². The predicted molar refractivity (Wildman–Crippen MR) is 191 cm³/mol. The molecule has 0 aliphatic carbocycles. The van der Waals surface area contributed by atoms with Crippen LogP contribution in [-0.4, -0.2) is 184 Å². The van der Waals surface area contributed by atoms with Gasteiger partial charge in [0.2, 0.25) is 0 Å². The van der Waals surface area contributed by atoms with Gasteiger partial charge in [-0.2, -0.15) is 0 Å². The van der Waals surface area contributed by atoms with Crippen molar-refractivity contribution >= 4 is 5.97 Å². The predicted octanol–water partition coefficient (Wildman–Crippen LogP) is 2.45. The topological polar surface area (TPSA) is 149 Å². The van der Waals surface area contributed by atoms with E-state index in [2.05, 4.69) is 12.2 Å². The zero-order valence-corrected chi connectivity index (χ0v) is 31.6. The van der Waals surface area contributed by atoms with E-state index in [0.29, 0.717) is 164 Å². The van der Waals surface area contributed by atoms with Gasteiger partial charge in [0.1, 0.15) is 6.61 Å². The quantitative estimate of drug-likeness (QED) is 0.0721. The molecule has 0 aromatic carbocycles. The average Bonchev–Trinajstić information content (AvgIpc) is 3.15. The van der Waals surface area contributed by atoms with Gasteiger partial charge in [-0.25, -0.2) is 0 Å². The number of hydrogen-bond donors (Lipinski definition) is 1. The Balaban J connectivity index is 1.61. The van der Waals surface area contributed by atoms with Crippen molar-refractivity contribution in [3.63, 3.8) is 0 Å². The highest BCUT2D eigenvalue weighted by atomic mass is 16.6. The van der Waals surface area contributed by atoms with Crippen molar-refractivity contribution in [2.75, 3.05) is 172 Å². The van der Waals surface area contributed by atoms with E-state index in [1.54, 1.807) is 0 Å². The van der Waals surface area contributed by atoms with Gasteiger partial charge in [-0.3, -0.25) is 4.79 Å². The maximum absolute atomic E-state index is 11.6. The second-order valence-corrected chi connectivity index (χ2v) is 11.6. The second kappa shape index (κ2) is 41.7. The standard InChI is InChI=1S/C36H71NO14/c1-2-3-4-5-6-36(38)51-34-32-49-30-28-47-26-24-45-22-20-43-18-16-41-14-12-39-11-13-40-15-17-42-19-21-44-23-25-46-27-29-48-31-33-50-35-7-9-37-10-8-35/h35,37H,2-34H2,1H3. The summed E-state index contributed by atoms with van der Waals surface area (Å²) in [6, 6.07) is 0. The van der Waals surface area contributed by atoms with E-state index >= 15 is 0 Å². The average molecular weight is 742 g/mol. The van der Waals surface area contributed by atoms with E-state index < -0.39 is 0 Å². The Morgan fingerprint density at radius 2 is 0.745 bits per heavy atom. The first-order chi connectivity index (χ1) is 25.3. The number of esters is 1. The summed E-state index contributed by atoms with van der Waals surface area (Å²) in [5.41, 5.74) is 0. The summed E-state index contributed by atoms with van der Waals surface area (Å²) in [5, 5.41) is 3.33. The van der Waals surface area contributed by atoms with Crippen LogP contribution in [0, 0.1) is 0 Å². The molecule has 0 spiro atoms. The number of unbranched alkanes of at least 4 members (excludes halogenated alkanes) is 3. The smallest absolute Gasteiger partial charge is 0.305 e. The molecule has 1 N–H and O–H groups in total. The lowest BCUT2D eigenvalue weighted by Gasteiger charge is -2.22. The molecule has 0 radical (unpaired) electrons. The first-order valence-corrected chi connectivity index (χ1v) is 19.2. The van der Waals surface area contributed by atoms with Crippen LogP contribution in [0.5, 0.6) is 0 Å². The van der Waals surface area contributed by atoms with Crippen LogP contribution >= 0.6 is 0 Å². The second-order valence-electron chi connectivity index (χ2n) is 11.6. The monoisotopic (exact) mass is 741 g/mol. The Hall–Kier alpha value is -1.05. The summed E-state index contributed by atoms with van der Waals surface area (Å²) >= 11 is 0. The van der Waals surface area contributed by atoms with Crippen LogP contribution in [0.15, 0.2) is 0 Å². The molecule has 15 heteroatoms. The Morgan fingerprint density at radius 1 is 0.431 bits per heavy atom. The van der Waals surface area contributed by atoms with Crippen LogP contribution in [-0.2, 0) is 66.4 Å². The maximum atomic E-state index is 11.6. The van der Waals surface area contributed by atoms with E-state index in [1.807, 2.05) is 0 Å². The summed E-state index contributed by atoms with van der Waals surface area (Å²) in [6.07, 6.45) is 7.28. The highest BCUT2D eigenvalue weighted by Crippen LogP contribution is 2.06. The van der Waals surface area contributed by atoms with Crippen molar-refractivity contribution in [2.45, 2.75) is 58.0 Å².